The smallest absolute Gasteiger partial charge is 0.368 e. The highest BCUT2D eigenvalue weighted by molar-refractivity contribution is 5.86. The van der Waals surface area contributed by atoms with Gasteiger partial charge in [-0.15, -0.1) is 0 Å². The molecule has 0 aromatic rings. The Bertz CT molecular complexity index is 926. The summed E-state index contributed by atoms with van der Waals surface area (Å²) in [7, 11) is 3.65. The van der Waals surface area contributed by atoms with E-state index in [0.29, 0.717) is 36.2 Å². The van der Waals surface area contributed by atoms with Gasteiger partial charge in [-0.1, -0.05) is 26.7 Å². The number of rotatable bonds is 6. The van der Waals surface area contributed by atoms with Gasteiger partial charge in [-0.2, -0.15) is 13.2 Å². The van der Waals surface area contributed by atoms with Crippen LogP contribution in [0.15, 0.2) is 0 Å². The maximum Gasteiger partial charge on any atom is 0.405 e. The maximum absolute atomic E-state index is 13.3. The highest BCUT2D eigenvalue weighted by atomic mass is 19.4. The van der Waals surface area contributed by atoms with Crippen LogP contribution in [-0.2, 0) is 4.79 Å². The fourth-order valence-electron chi connectivity index (χ4n) is 8.56. The highest BCUT2D eigenvalue weighted by Gasteiger charge is 2.54. The lowest BCUT2D eigenvalue weighted by molar-refractivity contribution is -0.150. The van der Waals surface area contributed by atoms with E-state index in [9.17, 15) is 18.0 Å². The molecule has 3 heterocycles. The normalized spacial score (nSPS) is 41.5. The molecule has 0 aromatic carbocycles. The van der Waals surface area contributed by atoms with Gasteiger partial charge in [-0.25, -0.2) is 0 Å². The number of fused-ring (bicyclic) bond motifs is 1. The number of amides is 1. The predicted molar refractivity (Wildman–Crippen MR) is 148 cm³/mol. The van der Waals surface area contributed by atoms with Crippen LogP contribution in [0, 0.1) is 35.0 Å². The zero-order chi connectivity index (χ0) is 28.9. The molecular weight excluding hydrogens is 521 g/mol. The van der Waals surface area contributed by atoms with E-state index in [1.807, 2.05) is 16.8 Å². The molecule has 8 unspecified atom stereocenters. The summed E-state index contributed by atoms with van der Waals surface area (Å²) < 4.78 is 39.9. The van der Waals surface area contributed by atoms with E-state index in [2.05, 4.69) is 34.7 Å². The van der Waals surface area contributed by atoms with Crippen LogP contribution in [0.3, 0.4) is 0 Å². The number of guanidine groups is 1. The first kappa shape index (κ1) is 29.8. The van der Waals surface area contributed by atoms with Crippen LogP contribution in [0.5, 0.6) is 0 Å². The van der Waals surface area contributed by atoms with Crippen molar-refractivity contribution in [2.45, 2.75) is 108 Å². The van der Waals surface area contributed by atoms with E-state index < -0.39 is 18.3 Å². The highest BCUT2D eigenvalue weighted by Crippen LogP contribution is 2.40. The topological polar surface area (TPSA) is 113 Å². The van der Waals surface area contributed by atoms with Crippen molar-refractivity contribution in [1.82, 2.24) is 30.7 Å². The first-order valence-corrected chi connectivity index (χ1v) is 15.3. The van der Waals surface area contributed by atoms with Crippen molar-refractivity contribution >= 4 is 11.9 Å². The summed E-state index contributed by atoms with van der Waals surface area (Å²) in [5.41, 5.74) is 5.94. The van der Waals surface area contributed by atoms with Gasteiger partial charge in [0.15, 0.2) is 5.96 Å². The van der Waals surface area contributed by atoms with Crippen LogP contribution < -0.4 is 21.7 Å². The molecule has 1 amide bonds. The monoisotopic (exact) mass is 570 g/mol. The van der Waals surface area contributed by atoms with Gasteiger partial charge in [0, 0.05) is 20.1 Å². The number of alkyl halides is 3. The summed E-state index contributed by atoms with van der Waals surface area (Å²) in [6, 6.07) is -2.29. The zero-order valence-electron chi connectivity index (χ0n) is 24.4. The van der Waals surface area contributed by atoms with Crippen molar-refractivity contribution < 1.29 is 18.0 Å². The van der Waals surface area contributed by atoms with E-state index in [-0.39, 0.29) is 42.9 Å². The molecule has 12 heteroatoms. The number of nitrogens with one attached hydrogen (secondary N) is 4. The zero-order valence-corrected chi connectivity index (χ0v) is 24.4. The first-order valence-electron chi connectivity index (χ1n) is 15.3. The van der Waals surface area contributed by atoms with Crippen LogP contribution >= 0.6 is 0 Å². The van der Waals surface area contributed by atoms with Crippen molar-refractivity contribution in [2.24, 2.45) is 35.3 Å². The molecule has 5 rings (SSSR count). The second-order valence-electron chi connectivity index (χ2n) is 13.5. The predicted octanol–water partition coefficient (Wildman–Crippen LogP) is 2.30. The summed E-state index contributed by atoms with van der Waals surface area (Å²) in [5, 5.41) is 19.2. The Hall–Kier alpha value is -1.63. The van der Waals surface area contributed by atoms with Crippen LogP contribution in [-0.4, -0.2) is 96.6 Å². The average molecular weight is 571 g/mol. The minimum atomic E-state index is -4.23. The van der Waals surface area contributed by atoms with Crippen LogP contribution in [0.2, 0.25) is 0 Å². The molecular formula is C28H49F3N8O. The minimum absolute atomic E-state index is 0.00496. The Labute approximate surface area is 236 Å². The van der Waals surface area contributed by atoms with Crippen LogP contribution in [0.1, 0.15) is 65.2 Å². The summed E-state index contributed by atoms with van der Waals surface area (Å²) in [6.07, 6.45) is 3.55. The van der Waals surface area contributed by atoms with E-state index in [1.54, 1.807) is 7.05 Å². The molecule has 5 fully saturated rings. The third-order valence-electron chi connectivity index (χ3n) is 10.7. The van der Waals surface area contributed by atoms with Gasteiger partial charge in [0.2, 0.25) is 5.91 Å². The molecule has 40 heavy (non-hydrogen) atoms. The van der Waals surface area contributed by atoms with Crippen molar-refractivity contribution in [3.8, 4) is 0 Å². The molecule has 0 radical (unpaired) electrons. The molecule has 8 atom stereocenters. The molecule has 2 saturated carbocycles. The molecule has 0 bridgehead atoms. The van der Waals surface area contributed by atoms with Crippen LogP contribution in [0.25, 0.3) is 0 Å². The van der Waals surface area contributed by atoms with Crippen molar-refractivity contribution in [2.75, 3.05) is 27.2 Å². The molecule has 0 aromatic heterocycles. The SMILES string of the molecule is CC(C)C1CCCCC1C1NC(C(N)=O)C2C(N1)N(CC1CCC(C3NC(C(F)(F)F)CN3C)CC1)C(=N)N2C. The number of hydrogen-bond acceptors (Lipinski definition) is 6. The number of likely N-dealkylation sites (N-methyl/N-ethyl adjacent to an activating group) is 2. The molecule has 3 aliphatic heterocycles. The molecule has 3 saturated heterocycles. The largest absolute Gasteiger partial charge is 0.405 e. The Morgan fingerprint density at radius 2 is 1.70 bits per heavy atom. The minimum Gasteiger partial charge on any atom is -0.368 e. The number of nitrogens with zero attached hydrogens (tertiary/aromatic N) is 3. The Kier molecular flexibility index (Phi) is 8.63. The lowest BCUT2D eigenvalue weighted by Gasteiger charge is -2.48. The summed E-state index contributed by atoms with van der Waals surface area (Å²) in [6.45, 7) is 5.25. The number of primary amides is 1. The summed E-state index contributed by atoms with van der Waals surface area (Å²) in [5.74, 6) is 2.04. The van der Waals surface area contributed by atoms with Crippen molar-refractivity contribution in [3.05, 3.63) is 0 Å². The standard InChI is InChI=1S/C28H49F3N8O/c1-15(2)18-7-5-6-8-19(18)24-35-21(23(32)40)22-26(36-24)39(27(33)38(22)4)13-16-9-11-17(12-10-16)25-34-20(14-37(25)3)28(29,30)31/h15-22,24-26,33-36H,5-14H2,1-4H3,(H2,32,40). The number of carbonyl (C=O) groups is 1. The average Bonchev–Trinajstić information content (AvgIpc) is 3.42. The van der Waals surface area contributed by atoms with Crippen molar-refractivity contribution in [3.63, 3.8) is 0 Å². The van der Waals surface area contributed by atoms with E-state index in [0.717, 1.165) is 32.1 Å². The number of carbonyl (C=O) groups excluding carboxylic acids is 1. The molecule has 0 spiro atoms. The number of halogens is 3. The van der Waals surface area contributed by atoms with Crippen molar-refractivity contribution in [1.29, 1.82) is 5.41 Å². The van der Waals surface area contributed by atoms with Gasteiger partial charge in [0.25, 0.3) is 0 Å². The Balaban J connectivity index is 1.26. The van der Waals surface area contributed by atoms with Gasteiger partial charge in [0.05, 0.1) is 18.4 Å². The molecule has 2 aliphatic carbocycles. The number of nitrogens with two attached hydrogens (primary N) is 1. The Morgan fingerprint density at radius 3 is 2.30 bits per heavy atom. The summed E-state index contributed by atoms with van der Waals surface area (Å²) in [4.78, 5) is 18.5. The molecule has 9 nitrogen and oxygen atoms in total. The third-order valence-corrected chi connectivity index (χ3v) is 10.7. The Morgan fingerprint density at radius 1 is 1.02 bits per heavy atom. The van der Waals surface area contributed by atoms with E-state index in [4.69, 9.17) is 11.1 Å². The lowest BCUT2D eigenvalue weighted by Crippen LogP contribution is -2.74. The fraction of sp³-hybridized carbons (Fsp3) is 0.929. The second kappa shape index (κ2) is 11.6. The van der Waals surface area contributed by atoms with E-state index in [1.165, 1.54) is 19.3 Å². The summed E-state index contributed by atoms with van der Waals surface area (Å²) >= 11 is 0. The van der Waals surface area contributed by atoms with Gasteiger partial charge < -0.3 is 15.5 Å². The van der Waals surface area contributed by atoms with Gasteiger partial charge in [-0.05, 0) is 75.2 Å². The second-order valence-corrected chi connectivity index (χ2v) is 13.5. The van der Waals surface area contributed by atoms with Gasteiger partial charge >= 0.3 is 6.18 Å². The number of hydrogen-bond donors (Lipinski definition) is 5. The van der Waals surface area contributed by atoms with Gasteiger partial charge in [-0.3, -0.25) is 31.1 Å². The first-order chi connectivity index (χ1) is 18.9. The third kappa shape index (κ3) is 5.70. The van der Waals surface area contributed by atoms with Crippen LogP contribution in [0.4, 0.5) is 13.2 Å². The molecule has 228 valence electrons. The van der Waals surface area contributed by atoms with Gasteiger partial charge in [0.1, 0.15) is 18.2 Å². The quantitative estimate of drug-likeness (QED) is 0.333. The fourth-order valence-corrected chi connectivity index (χ4v) is 8.56. The molecule has 5 aliphatic rings. The van der Waals surface area contributed by atoms with E-state index >= 15 is 0 Å². The maximum atomic E-state index is 13.3. The lowest BCUT2D eigenvalue weighted by atomic mass is 9.71. The molecule has 6 N–H and O–H groups in total.